The quantitative estimate of drug-likeness (QED) is 0.389. The Labute approximate surface area is 160 Å². The van der Waals surface area contributed by atoms with E-state index in [1.165, 1.54) is 35.8 Å². The van der Waals surface area contributed by atoms with Gasteiger partial charge in [-0.1, -0.05) is 0 Å². The van der Waals surface area contributed by atoms with E-state index in [-0.39, 0.29) is 50.3 Å². The fourth-order valence-electron chi connectivity index (χ4n) is 2.00. The molecular formula is C18H31N3O6. The van der Waals surface area contributed by atoms with E-state index < -0.39 is 11.5 Å². The van der Waals surface area contributed by atoms with E-state index in [4.69, 9.17) is 4.74 Å². The minimum atomic E-state index is -0.563. The predicted octanol–water partition coefficient (Wildman–Crippen LogP) is 0.0725. The highest BCUT2D eigenvalue weighted by Gasteiger charge is 2.20. The number of aldehydes is 1. The van der Waals surface area contributed by atoms with Crippen LogP contribution in [0.2, 0.25) is 0 Å². The van der Waals surface area contributed by atoms with Gasteiger partial charge < -0.3 is 24.2 Å². The van der Waals surface area contributed by atoms with E-state index in [1.807, 2.05) is 0 Å². The first-order valence-corrected chi connectivity index (χ1v) is 8.74. The molecule has 0 atom stereocenters. The lowest BCUT2D eigenvalue weighted by Gasteiger charge is -2.23. The lowest BCUT2D eigenvalue weighted by Crippen LogP contribution is -2.44. The molecule has 27 heavy (non-hydrogen) atoms. The average molecular weight is 385 g/mol. The molecule has 0 aromatic rings. The van der Waals surface area contributed by atoms with Gasteiger partial charge in [0.25, 0.3) is 0 Å². The molecule has 0 rings (SSSR count). The number of ether oxygens (including phenoxy) is 1. The molecule has 0 radical (unpaired) electrons. The molecule has 0 aliphatic carbocycles. The van der Waals surface area contributed by atoms with Gasteiger partial charge in [0, 0.05) is 34.0 Å². The van der Waals surface area contributed by atoms with Crippen LogP contribution in [0.25, 0.3) is 0 Å². The van der Waals surface area contributed by atoms with Crippen LogP contribution in [0.1, 0.15) is 40.0 Å². The lowest BCUT2D eigenvalue weighted by atomic mass is 10.2. The molecule has 0 aliphatic heterocycles. The molecule has 0 spiro atoms. The Morgan fingerprint density at radius 2 is 1.30 bits per heavy atom. The Morgan fingerprint density at radius 1 is 0.815 bits per heavy atom. The summed E-state index contributed by atoms with van der Waals surface area (Å²) >= 11 is 0. The highest BCUT2D eigenvalue weighted by atomic mass is 16.6. The maximum Gasteiger partial charge on any atom is 0.306 e. The Kier molecular flexibility index (Phi) is 10.3. The van der Waals surface area contributed by atoms with Crippen molar-refractivity contribution in [3.05, 3.63) is 0 Å². The fourth-order valence-corrected chi connectivity index (χ4v) is 2.00. The van der Waals surface area contributed by atoms with Crippen LogP contribution in [-0.2, 0) is 28.7 Å². The highest BCUT2D eigenvalue weighted by Crippen LogP contribution is 2.10. The van der Waals surface area contributed by atoms with E-state index in [0.717, 1.165) is 0 Å². The van der Waals surface area contributed by atoms with Gasteiger partial charge in [-0.3, -0.25) is 19.2 Å². The van der Waals surface area contributed by atoms with Gasteiger partial charge >= 0.3 is 5.97 Å². The smallest absolute Gasteiger partial charge is 0.306 e. The highest BCUT2D eigenvalue weighted by molar-refractivity contribution is 5.88. The predicted molar refractivity (Wildman–Crippen MR) is 98.7 cm³/mol. The van der Waals surface area contributed by atoms with Gasteiger partial charge in [0.15, 0.2) is 0 Å². The van der Waals surface area contributed by atoms with Crippen molar-refractivity contribution >= 4 is 30.0 Å². The minimum absolute atomic E-state index is 0.0447. The molecule has 9 heteroatoms. The summed E-state index contributed by atoms with van der Waals surface area (Å²) in [7, 11) is 4.41. The molecule has 3 amide bonds. The van der Waals surface area contributed by atoms with Crippen LogP contribution in [0.3, 0.4) is 0 Å². The molecule has 0 heterocycles. The second-order valence-corrected chi connectivity index (χ2v) is 7.38. The van der Waals surface area contributed by atoms with Crippen molar-refractivity contribution in [2.24, 2.45) is 0 Å². The Hall–Kier alpha value is -2.45. The van der Waals surface area contributed by atoms with Gasteiger partial charge in [0.2, 0.25) is 17.7 Å². The van der Waals surface area contributed by atoms with Crippen molar-refractivity contribution in [1.29, 1.82) is 0 Å². The van der Waals surface area contributed by atoms with Crippen molar-refractivity contribution < 1.29 is 28.7 Å². The molecule has 0 aromatic carbocycles. The summed E-state index contributed by atoms with van der Waals surface area (Å²) in [5.74, 6) is -1.41. The normalized spacial score (nSPS) is 10.7. The molecule has 0 bridgehead atoms. The number of hydrogen-bond acceptors (Lipinski definition) is 6. The number of likely N-dealkylation sites (N-methyl/N-ethyl adjacent to an activating group) is 3. The standard InChI is InChI=1S/C18H31N3O6/c1-18(2,3)27-17(26)9-7-8-14(23)20(5)13-16(25)21(6)12-15(24)19(4)10-11-22/h11H,7-10,12-13H2,1-6H3. The van der Waals surface area contributed by atoms with Crippen molar-refractivity contribution in [2.45, 2.75) is 45.6 Å². The van der Waals surface area contributed by atoms with E-state index in [0.29, 0.717) is 12.7 Å². The number of carbonyl (C=O) groups excluding carboxylic acids is 5. The largest absolute Gasteiger partial charge is 0.460 e. The van der Waals surface area contributed by atoms with Crippen LogP contribution < -0.4 is 0 Å². The summed E-state index contributed by atoms with van der Waals surface area (Å²) in [6.07, 6.45) is 1.18. The minimum Gasteiger partial charge on any atom is -0.460 e. The summed E-state index contributed by atoms with van der Waals surface area (Å²) < 4.78 is 5.17. The molecule has 0 saturated heterocycles. The molecule has 0 aromatic heterocycles. The molecule has 0 N–H and O–H groups in total. The fraction of sp³-hybridized carbons (Fsp3) is 0.722. The molecule has 154 valence electrons. The number of nitrogens with zero attached hydrogens (tertiary/aromatic N) is 3. The third-order valence-electron chi connectivity index (χ3n) is 3.56. The van der Waals surface area contributed by atoms with Gasteiger partial charge in [-0.15, -0.1) is 0 Å². The number of carbonyl (C=O) groups is 5. The van der Waals surface area contributed by atoms with Crippen molar-refractivity contribution in [1.82, 2.24) is 14.7 Å². The molecular weight excluding hydrogens is 354 g/mol. The zero-order valence-electron chi connectivity index (χ0n) is 17.1. The topological polar surface area (TPSA) is 104 Å². The average Bonchev–Trinajstić information content (AvgIpc) is 2.52. The molecule has 0 aliphatic rings. The summed E-state index contributed by atoms with van der Waals surface area (Å²) in [6, 6.07) is 0. The molecule has 9 nitrogen and oxygen atoms in total. The number of esters is 1. The van der Waals surface area contributed by atoms with Crippen LogP contribution >= 0.6 is 0 Å². The Bertz CT molecular complexity index is 556. The van der Waals surface area contributed by atoms with Crippen molar-refractivity contribution in [2.75, 3.05) is 40.8 Å². The maximum atomic E-state index is 12.1. The Balaban J connectivity index is 4.30. The monoisotopic (exact) mass is 385 g/mol. The summed E-state index contributed by atoms with van der Waals surface area (Å²) in [4.78, 5) is 61.7. The van der Waals surface area contributed by atoms with Gasteiger partial charge in [-0.2, -0.15) is 0 Å². The van der Waals surface area contributed by atoms with Crippen LogP contribution in [0.5, 0.6) is 0 Å². The zero-order valence-corrected chi connectivity index (χ0v) is 17.1. The van der Waals surface area contributed by atoms with E-state index in [9.17, 15) is 24.0 Å². The van der Waals surface area contributed by atoms with Crippen molar-refractivity contribution in [3.8, 4) is 0 Å². The van der Waals surface area contributed by atoms with Crippen LogP contribution in [-0.4, -0.2) is 91.1 Å². The third kappa shape index (κ3) is 11.0. The van der Waals surface area contributed by atoms with Gasteiger partial charge in [0.1, 0.15) is 11.9 Å². The van der Waals surface area contributed by atoms with Crippen LogP contribution in [0, 0.1) is 0 Å². The number of amides is 3. The number of rotatable bonds is 10. The van der Waals surface area contributed by atoms with E-state index in [2.05, 4.69) is 0 Å². The zero-order chi connectivity index (χ0) is 21.2. The molecule has 0 saturated carbocycles. The number of hydrogen-bond donors (Lipinski definition) is 0. The van der Waals surface area contributed by atoms with Crippen LogP contribution in [0.15, 0.2) is 0 Å². The Morgan fingerprint density at radius 3 is 1.78 bits per heavy atom. The molecule has 0 fully saturated rings. The van der Waals surface area contributed by atoms with Gasteiger partial charge in [0.05, 0.1) is 19.6 Å². The van der Waals surface area contributed by atoms with E-state index >= 15 is 0 Å². The third-order valence-corrected chi connectivity index (χ3v) is 3.56. The van der Waals surface area contributed by atoms with Gasteiger partial charge in [-0.05, 0) is 27.2 Å². The summed E-state index contributed by atoms with van der Waals surface area (Å²) in [5, 5.41) is 0. The first kappa shape index (κ1) is 24.6. The SMILES string of the molecule is CN(CC=O)C(=O)CN(C)C(=O)CN(C)C(=O)CCCC(=O)OC(C)(C)C. The second kappa shape index (κ2) is 11.3. The second-order valence-electron chi connectivity index (χ2n) is 7.38. The summed E-state index contributed by atoms with van der Waals surface area (Å²) in [6.45, 7) is 4.92. The first-order valence-electron chi connectivity index (χ1n) is 8.74. The lowest BCUT2D eigenvalue weighted by molar-refractivity contribution is -0.155. The van der Waals surface area contributed by atoms with E-state index in [1.54, 1.807) is 20.8 Å². The van der Waals surface area contributed by atoms with Crippen LogP contribution in [0.4, 0.5) is 0 Å². The van der Waals surface area contributed by atoms with Crippen molar-refractivity contribution in [3.63, 3.8) is 0 Å². The molecule has 0 unspecified atom stereocenters. The summed E-state index contributed by atoms with van der Waals surface area (Å²) in [5.41, 5.74) is -0.563. The first-order chi connectivity index (χ1) is 12.4. The van der Waals surface area contributed by atoms with Gasteiger partial charge in [-0.25, -0.2) is 0 Å². The maximum absolute atomic E-state index is 12.1.